The molecule has 5 heteroatoms. The third-order valence-electron chi connectivity index (χ3n) is 2.40. The molecule has 1 nitrogen and oxygen atoms in total. The molecule has 0 aromatic carbocycles. The number of rotatable bonds is 5. The van der Waals surface area contributed by atoms with Crippen molar-refractivity contribution in [1.29, 1.82) is 0 Å². The largest absolute Gasteiger partial charge is 0.411 e. The van der Waals surface area contributed by atoms with Gasteiger partial charge in [-0.2, -0.15) is 13.2 Å². The van der Waals surface area contributed by atoms with Gasteiger partial charge in [0.25, 0.3) is 0 Å². The van der Waals surface area contributed by atoms with Gasteiger partial charge >= 0.3 is 6.18 Å². The van der Waals surface area contributed by atoms with Crippen molar-refractivity contribution in [3.05, 3.63) is 0 Å². The molecule has 0 bridgehead atoms. The number of alkyl halides is 4. The van der Waals surface area contributed by atoms with Crippen molar-refractivity contribution in [3.8, 4) is 0 Å². The van der Waals surface area contributed by atoms with Crippen molar-refractivity contribution in [1.82, 2.24) is 0 Å². The smallest absolute Gasteiger partial charge is 0.371 e. The van der Waals surface area contributed by atoms with Crippen LogP contribution < -0.4 is 0 Å². The standard InChI is InChI=1S/C9H16BrF3O/c1-7(2)8(3,4-10)5-14-6-9(11,12)13/h7H,4-6H2,1-3H3. The average Bonchev–Trinajstić information content (AvgIpc) is 2.01. The molecule has 0 amide bonds. The number of ether oxygens (including phenoxy) is 1. The quantitative estimate of drug-likeness (QED) is 0.697. The Bertz CT molecular complexity index is 170. The molecule has 0 saturated heterocycles. The lowest BCUT2D eigenvalue weighted by Gasteiger charge is -2.31. The molecule has 0 rings (SSSR count). The molecule has 0 aromatic heterocycles. The fourth-order valence-electron chi connectivity index (χ4n) is 0.759. The van der Waals surface area contributed by atoms with Crippen LogP contribution in [0.25, 0.3) is 0 Å². The van der Waals surface area contributed by atoms with Crippen LogP contribution in [0.5, 0.6) is 0 Å². The molecule has 0 N–H and O–H groups in total. The summed E-state index contributed by atoms with van der Waals surface area (Å²) in [6.45, 7) is 4.80. The van der Waals surface area contributed by atoms with E-state index in [2.05, 4.69) is 20.7 Å². The van der Waals surface area contributed by atoms with Gasteiger partial charge in [0.05, 0.1) is 6.61 Å². The van der Waals surface area contributed by atoms with Crippen molar-refractivity contribution in [2.75, 3.05) is 18.5 Å². The first-order chi connectivity index (χ1) is 6.21. The molecule has 0 aliphatic rings. The topological polar surface area (TPSA) is 9.23 Å². The van der Waals surface area contributed by atoms with E-state index in [0.717, 1.165) is 0 Å². The van der Waals surface area contributed by atoms with Gasteiger partial charge in [0, 0.05) is 10.7 Å². The Morgan fingerprint density at radius 2 is 1.71 bits per heavy atom. The lowest BCUT2D eigenvalue weighted by molar-refractivity contribution is -0.180. The van der Waals surface area contributed by atoms with Gasteiger partial charge in [0.15, 0.2) is 0 Å². The van der Waals surface area contributed by atoms with E-state index in [4.69, 9.17) is 0 Å². The molecule has 0 aliphatic carbocycles. The van der Waals surface area contributed by atoms with E-state index in [-0.39, 0.29) is 17.9 Å². The molecule has 0 aliphatic heterocycles. The van der Waals surface area contributed by atoms with Crippen LogP contribution in [0.3, 0.4) is 0 Å². The summed E-state index contributed by atoms with van der Waals surface area (Å²) in [4.78, 5) is 0. The minimum Gasteiger partial charge on any atom is -0.371 e. The highest BCUT2D eigenvalue weighted by Crippen LogP contribution is 2.30. The molecule has 0 fully saturated rings. The van der Waals surface area contributed by atoms with Crippen LogP contribution >= 0.6 is 15.9 Å². The normalized spacial score (nSPS) is 17.1. The molecule has 14 heavy (non-hydrogen) atoms. The summed E-state index contributed by atoms with van der Waals surface area (Å²) in [5, 5.41) is 0.634. The predicted molar refractivity (Wildman–Crippen MR) is 53.6 cm³/mol. The molecular formula is C9H16BrF3O. The van der Waals surface area contributed by atoms with Gasteiger partial charge in [-0.25, -0.2) is 0 Å². The first-order valence-corrected chi connectivity index (χ1v) is 5.54. The van der Waals surface area contributed by atoms with E-state index in [1.165, 1.54) is 0 Å². The van der Waals surface area contributed by atoms with Crippen LogP contribution in [0.1, 0.15) is 20.8 Å². The zero-order valence-electron chi connectivity index (χ0n) is 8.62. The van der Waals surface area contributed by atoms with Crippen molar-refractivity contribution >= 4 is 15.9 Å². The third kappa shape index (κ3) is 5.20. The highest BCUT2D eigenvalue weighted by Gasteiger charge is 2.32. The van der Waals surface area contributed by atoms with E-state index >= 15 is 0 Å². The van der Waals surface area contributed by atoms with Gasteiger partial charge in [-0.1, -0.05) is 36.7 Å². The fourth-order valence-corrected chi connectivity index (χ4v) is 1.57. The molecule has 86 valence electrons. The Labute approximate surface area is 91.1 Å². The van der Waals surface area contributed by atoms with Gasteiger partial charge < -0.3 is 4.74 Å². The van der Waals surface area contributed by atoms with Gasteiger partial charge in [0.1, 0.15) is 6.61 Å². The minimum atomic E-state index is -4.23. The summed E-state index contributed by atoms with van der Waals surface area (Å²) in [6, 6.07) is 0. The summed E-state index contributed by atoms with van der Waals surface area (Å²) in [5.41, 5.74) is -0.245. The van der Waals surface area contributed by atoms with Crippen molar-refractivity contribution in [2.45, 2.75) is 26.9 Å². The first-order valence-electron chi connectivity index (χ1n) is 4.42. The van der Waals surface area contributed by atoms with E-state index in [1.54, 1.807) is 0 Å². The number of halogens is 4. The number of hydrogen-bond acceptors (Lipinski definition) is 1. The molecule has 0 saturated carbocycles. The summed E-state index contributed by atoms with van der Waals surface area (Å²) >= 11 is 3.29. The molecule has 1 unspecified atom stereocenters. The van der Waals surface area contributed by atoms with E-state index < -0.39 is 12.8 Å². The maximum Gasteiger partial charge on any atom is 0.411 e. The second-order valence-electron chi connectivity index (χ2n) is 4.05. The van der Waals surface area contributed by atoms with E-state index in [9.17, 15) is 13.2 Å². The zero-order chi connectivity index (χ0) is 11.4. The van der Waals surface area contributed by atoms with Gasteiger partial charge in [-0.3, -0.25) is 0 Å². The Kier molecular flexibility index (Phi) is 5.44. The van der Waals surface area contributed by atoms with Crippen LogP contribution in [-0.2, 0) is 4.74 Å². The highest BCUT2D eigenvalue weighted by molar-refractivity contribution is 9.09. The molecule has 0 heterocycles. The Hall–Kier alpha value is 0.230. The molecule has 0 radical (unpaired) electrons. The van der Waals surface area contributed by atoms with Crippen LogP contribution in [0.2, 0.25) is 0 Å². The van der Waals surface area contributed by atoms with Crippen molar-refractivity contribution in [2.24, 2.45) is 11.3 Å². The van der Waals surface area contributed by atoms with Crippen LogP contribution in [0, 0.1) is 11.3 Å². The maximum absolute atomic E-state index is 11.8. The lowest BCUT2D eigenvalue weighted by atomic mass is 9.82. The van der Waals surface area contributed by atoms with Gasteiger partial charge in [-0.05, 0) is 5.92 Å². The second kappa shape index (κ2) is 5.35. The highest BCUT2D eigenvalue weighted by atomic mass is 79.9. The monoisotopic (exact) mass is 276 g/mol. The zero-order valence-corrected chi connectivity index (χ0v) is 10.2. The van der Waals surface area contributed by atoms with Crippen molar-refractivity contribution < 1.29 is 17.9 Å². The molecule has 0 aromatic rings. The molecule has 1 atom stereocenters. The summed E-state index contributed by atoms with van der Waals surface area (Å²) in [5.74, 6) is 0.273. The van der Waals surface area contributed by atoms with E-state index in [1.807, 2.05) is 20.8 Å². The van der Waals surface area contributed by atoms with Crippen LogP contribution in [0.4, 0.5) is 13.2 Å². The molecular weight excluding hydrogens is 261 g/mol. The summed E-state index contributed by atoms with van der Waals surface area (Å²) in [6.07, 6.45) is -4.23. The second-order valence-corrected chi connectivity index (χ2v) is 4.61. The molecule has 0 spiro atoms. The van der Waals surface area contributed by atoms with E-state index in [0.29, 0.717) is 5.33 Å². The van der Waals surface area contributed by atoms with Crippen LogP contribution in [-0.4, -0.2) is 24.7 Å². The fraction of sp³-hybridized carbons (Fsp3) is 1.00. The summed E-state index contributed by atoms with van der Waals surface area (Å²) < 4.78 is 40.1. The Morgan fingerprint density at radius 3 is 2.00 bits per heavy atom. The minimum absolute atomic E-state index is 0.120. The average molecular weight is 277 g/mol. The third-order valence-corrected chi connectivity index (χ3v) is 3.68. The van der Waals surface area contributed by atoms with Crippen molar-refractivity contribution in [3.63, 3.8) is 0 Å². The van der Waals surface area contributed by atoms with Crippen LogP contribution in [0.15, 0.2) is 0 Å². The van der Waals surface area contributed by atoms with Gasteiger partial charge in [0.2, 0.25) is 0 Å². The predicted octanol–water partition coefficient (Wildman–Crippen LogP) is 3.62. The maximum atomic E-state index is 11.8. The Balaban J connectivity index is 3.97. The van der Waals surface area contributed by atoms with Gasteiger partial charge in [-0.15, -0.1) is 0 Å². The Morgan fingerprint density at radius 1 is 1.21 bits per heavy atom. The number of hydrogen-bond donors (Lipinski definition) is 0. The lowest BCUT2D eigenvalue weighted by Crippen LogP contribution is -2.33. The first kappa shape index (κ1) is 14.2. The SMILES string of the molecule is CC(C)C(C)(CBr)COCC(F)(F)F. The summed E-state index contributed by atoms with van der Waals surface area (Å²) in [7, 11) is 0.